The third kappa shape index (κ3) is 4.02. The Morgan fingerprint density at radius 3 is 2.86 bits per heavy atom. The number of nitrogens with one attached hydrogen (secondary N) is 2. The van der Waals surface area contributed by atoms with Crippen molar-refractivity contribution in [3.8, 4) is 0 Å². The summed E-state index contributed by atoms with van der Waals surface area (Å²) in [6, 6.07) is 0. The largest absolute Gasteiger partial charge is 0.369 e. The van der Waals surface area contributed by atoms with E-state index in [9.17, 15) is 8.42 Å². The summed E-state index contributed by atoms with van der Waals surface area (Å²) in [7, 11) is -3.15. The number of hydrogen-bond donors (Lipinski definition) is 2. The number of aromatic nitrogens is 4. The van der Waals surface area contributed by atoms with Crippen LogP contribution in [0.3, 0.4) is 0 Å². The molecule has 10 heteroatoms. The van der Waals surface area contributed by atoms with Crippen LogP contribution in [0.25, 0.3) is 11.0 Å². The number of anilines is 1. The summed E-state index contributed by atoms with van der Waals surface area (Å²) in [6.07, 6.45) is 3.48. The second-order valence-corrected chi connectivity index (χ2v) is 6.83. The number of sulfonamides is 1. The van der Waals surface area contributed by atoms with Crippen LogP contribution in [-0.2, 0) is 10.0 Å². The van der Waals surface area contributed by atoms with Gasteiger partial charge in [-0.3, -0.25) is 5.10 Å². The van der Waals surface area contributed by atoms with Crippen LogP contribution in [0.4, 0.5) is 5.82 Å². The van der Waals surface area contributed by atoms with E-state index < -0.39 is 10.0 Å². The van der Waals surface area contributed by atoms with Crippen LogP contribution in [0.5, 0.6) is 0 Å². The first-order valence-corrected chi connectivity index (χ1v) is 8.70. The Hall–Kier alpha value is -1.45. The summed E-state index contributed by atoms with van der Waals surface area (Å²) in [5.41, 5.74) is 0.559. The average molecular weight is 333 g/mol. The molecule has 0 saturated carbocycles. The zero-order chi connectivity index (χ0) is 15.5. The third-order valence-corrected chi connectivity index (χ3v) is 4.53. The lowest BCUT2D eigenvalue weighted by Crippen LogP contribution is -2.31. The zero-order valence-electron chi connectivity index (χ0n) is 11.8. The number of hydrogen-bond acceptors (Lipinski definition) is 6. The summed E-state index contributed by atoms with van der Waals surface area (Å²) in [5, 5.41) is 10.6. The topological polar surface area (TPSA) is 104 Å². The molecule has 0 aliphatic rings. The van der Waals surface area contributed by atoms with Crippen molar-refractivity contribution < 1.29 is 8.42 Å². The first-order valence-electron chi connectivity index (χ1n) is 6.47. The fraction of sp³-hybridized carbons (Fsp3) is 0.545. The molecule has 0 unspecified atom stereocenters. The van der Waals surface area contributed by atoms with Crippen molar-refractivity contribution in [2.45, 2.75) is 13.3 Å². The van der Waals surface area contributed by atoms with Crippen molar-refractivity contribution in [1.29, 1.82) is 0 Å². The monoisotopic (exact) mass is 332 g/mol. The van der Waals surface area contributed by atoms with Crippen LogP contribution in [0.2, 0.25) is 5.28 Å². The second-order valence-electron chi connectivity index (χ2n) is 4.51. The molecule has 0 spiro atoms. The van der Waals surface area contributed by atoms with Gasteiger partial charge in [0, 0.05) is 19.6 Å². The molecular formula is C11H17ClN6O2S. The predicted molar refractivity (Wildman–Crippen MR) is 81.9 cm³/mol. The molecule has 2 aromatic rings. The van der Waals surface area contributed by atoms with E-state index in [1.807, 2.05) is 6.92 Å². The molecule has 2 N–H and O–H groups in total. The predicted octanol–water partition coefficient (Wildman–Crippen LogP) is 1.09. The summed E-state index contributed by atoms with van der Waals surface area (Å²) >= 11 is 5.83. The second kappa shape index (κ2) is 6.54. The van der Waals surface area contributed by atoms with E-state index >= 15 is 0 Å². The van der Waals surface area contributed by atoms with Gasteiger partial charge in [0.1, 0.15) is 5.82 Å². The highest BCUT2D eigenvalue weighted by atomic mass is 35.5. The van der Waals surface area contributed by atoms with Gasteiger partial charge in [-0.2, -0.15) is 15.1 Å². The maximum atomic E-state index is 11.5. The fourth-order valence-electron chi connectivity index (χ4n) is 1.96. The maximum absolute atomic E-state index is 11.5. The lowest BCUT2D eigenvalue weighted by atomic mass is 10.3. The van der Waals surface area contributed by atoms with Crippen molar-refractivity contribution in [3.63, 3.8) is 0 Å². The molecular weight excluding hydrogens is 316 g/mol. The summed E-state index contributed by atoms with van der Waals surface area (Å²) < 4.78 is 24.4. The Balaban J connectivity index is 1.95. The van der Waals surface area contributed by atoms with Crippen molar-refractivity contribution in [1.82, 2.24) is 24.5 Å². The molecule has 0 saturated heterocycles. The Labute approximate surface area is 128 Å². The van der Waals surface area contributed by atoms with E-state index in [-0.39, 0.29) is 5.28 Å². The van der Waals surface area contributed by atoms with Gasteiger partial charge < -0.3 is 5.32 Å². The minimum Gasteiger partial charge on any atom is -0.369 e. The van der Waals surface area contributed by atoms with E-state index in [4.69, 9.17) is 11.6 Å². The molecule has 0 aromatic carbocycles. The van der Waals surface area contributed by atoms with E-state index in [1.54, 1.807) is 6.20 Å². The number of halogens is 1. The van der Waals surface area contributed by atoms with E-state index in [1.165, 1.54) is 10.6 Å². The number of nitrogens with zero attached hydrogens (tertiary/aromatic N) is 4. The molecule has 0 atom stereocenters. The first kappa shape index (κ1) is 15.9. The highest BCUT2D eigenvalue weighted by Gasteiger charge is 2.13. The molecule has 2 aromatic heterocycles. The van der Waals surface area contributed by atoms with Crippen molar-refractivity contribution in [2.75, 3.05) is 31.2 Å². The van der Waals surface area contributed by atoms with Crippen LogP contribution in [-0.4, -0.2) is 58.8 Å². The van der Waals surface area contributed by atoms with Crippen LogP contribution in [0.1, 0.15) is 13.3 Å². The smallest absolute Gasteiger partial charge is 0.226 e. The van der Waals surface area contributed by atoms with Crippen LogP contribution in [0.15, 0.2) is 6.20 Å². The molecule has 0 fully saturated rings. The quantitative estimate of drug-likeness (QED) is 0.581. The Kier molecular flexibility index (Phi) is 4.96. The normalized spacial score (nSPS) is 12.2. The van der Waals surface area contributed by atoms with E-state index in [0.717, 1.165) is 5.39 Å². The van der Waals surface area contributed by atoms with Gasteiger partial charge in [-0.15, -0.1) is 0 Å². The Morgan fingerprint density at radius 2 is 2.19 bits per heavy atom. The molecule has 116 valence electrons. The minimum absolute atomic E-state index is 0.126. The van der Waals surface area contributed by atoms with E-state index in [0.29, 0.717) is 37.5 Å². The highest BCUT2D eigenvalue weighted by Crippen LogP contribution is 2.19. The lowest BCUT2D eigenvalue weighted by Gasteiger charge is -2.17. The Bertz CT molecular complexity index is 717. The van der Waals surface area contributed by atoms with Gasteiger partial charge in [-0.25, -0.2) is 12.7 Å². The van der Waals surface area contributed by atoms with Gasteiger partial charge in [-0.05, 0) is 18.0 Å². The first-order chi connectivity index (χ1) is 9.91. The molecule has 0 aliphatic carbocycles. The van der Waals surface area contributed by atoms with Gasteiger partial charge in [0.25, 0.3) is 0 Å². The molecule has 2 rings (SSSR count). The van der Waals surface area contributed by atoms with Crippen molar-refractivity contribution in [3.05, 3.63) is 11.5 Å². The minimum atomic E-state index is -3.15. The molecule has 0 aliphatic heterocycles. The molecule has 0 bridgehead atoms. The fourth-order valence-corrected chi connectivity index (χ4v) is 3.06. The van der Waals surface area contributed by atoms with Gasteiger partial charge in [0.2, 0.25) is 15.3 Å². The molecule has 2 heterocycles. The lowest BCUT2D eigenvalue weighted by molar-refractivity contribution is 0.428. The van der Waals surface area contributed by atoms with Gasteiger partial charge in [0.05, 0.1) is 17.8 Å². The summed E-state index contributed by atoms with van der Waals surface area (Å²) in [5.74, 6) is 0.584. The molecule has 0 radical (unpaired) electrons. The summed E-state index contributed by atoms with van der Waals surface area (Å²) in [4.78, 5) is 8.12. The van der Waals surface area contributed by atoms with Crippen LogP contribution >= 0.6 is 11.6 Å². The average Bonchev–Trinajstić information content (AvgIpc) is 2.84. The molecule has 8 nitrogen and oxygen atoms in total. The van der Waals surface area contributed by atoms with Gasteiger partial charge >= 0.3 is 0 Å². The van der Waals surface area contributed by atoms with Gasteiger partial charge in [-0.1, -0.05) is 6.92 Å². The van der Waals surface area contributed by atoms with E-state index in [2.05, 4.69) is 25.5 Å². The zero-order valence-corrected chi connectivity index (χ0v) is 13.4. The van der Waals surface area contributed by atoms with Crippen molar-refractivity contribution >= 4 is 38.5 Å². The Morgan fingerprint density at radius 1 is 1.43 bits per heavy atom. The van der Waals surface area contributed by atoms with Crippen molar-refractivity contribution in [2.24, 2.45) is 0 Å². The van der Waals surface area contributed by atoms with Crippen LogP contribution < -0.4 is 5.32 Å². The standard InChI is InChI=1S/C11H17ClN6O2S/c1-3-18(21(2,19)20)6-4-5-13-9-8-7-14-17-10(8)16-11(12)15-9/h7H,3-6H2,1-2H3,(H2,13,14,15,16,17). The third-order valence-electron chi connectivity index (χ3n) is 2.98. The number of aromatic amines is 1. The SMILES string of the molecule is CCN(CCCNc1nc(Cl)nc2[nH]ncc12)S(C)(=O)=O. The number of H-pyrrole nitrogens is 1. The molecule has 0 amide bonds. The van der Waals surface area contributed by atoms with Crippen LogP contribution in [0, 0.1) is 0 Å². The molecule has 21 heavy (non-hydrogen) atoms. The highest BCUT2D eigenvalue weighted by molar-refractivity contribution is 7.88. The number of fused-ring (bicyclic) bond motifs is 1. The summed E-state index contributed by atoms with van der Waals surface area (Å²) in [6.45, 7) is 3.30. The van der Waals surface area contributed by atoms with Gasteiger partial charge in [0.15, 0.2) is 5.65 Å². The number of rotatable bonds is 7. The maximum Gasteiger partial charge on any atom is 0.226 e.